The van der Waals surface area contributed by atoms with Crippen molar-refractivity contribution in [2.24, 2.45) is 5.73 Å². The van der Waals surface area contributed by atoms with Crippen LogP contribution in [0, 0.1) is 0 Å². The molecule has 1 aliphatic rings. The number of sulfone groups is 1. The average molecular weight is 595 g/mol. The molecule has 42 heavy (non-hydrogen) atoms. The van der Waals surface area contributed by atoms with Crippen molar-refractivity contribution in [2.45, 2.75) is 36.7 Å². The number of hydrogen-bond acceptors (Lipinski definition) is 8. The number of rotatable bonds is 10. The summed E-state index contributed by atoms with van der Waals surface area (Å²) in [4.78, 5) is 39.7. The summed E-state index contributed by atoms with van der Waals surface area (Å²) in [5, 5.41) is 5.94. The molecule has 1 heterocycles. The van der Waals surface area contributed by atoms with E-state index >= 15 is 0 Å². The molecule has 0 aromatic heterocycles. The zero-order valence-electron chi connectivity index (χ0n) is 23.8. The molecule has 3 aromatic rings. The summed E-state index contributed by atoms with van der Waals surface area (Å²) in [6.07, 6.45) is 2.28. The first-order chi connectivity index (χ1) is 19.9. The number of carbonyl (C=O) groups is 3. The Kier molecular flexibility index (Phi) is 9.05. The number of ether oxygens (including phenoxy) is 2. The largest absolute Gasteiger partial charge is 0.493 e. The topological polar surface area (TPSA) is 157 Å². The van der Waals surface area contributed by atoms with E-state index in [0.29, 0.717) is 53.4 Å². The minimum atomic E-state index is -3.66. The van der Waals surface area contributed by atoms with E-state index in [-0.39, 0.29) is 22.3 Å². The number of carbonyl (C=O) groups excluding carboxylic acids is 3. The van der Waals surface area contributed by atoms with Gasteiger partial charge in [0.25, 0.3) is 0 Å². The summed E-state index contributed by atoms with van der Waals surface area (Å²) in [5.41, 5.74) is 7.65. The fourth-order valence-electron chi connectivity index (χ4n) is 5.20. The molecule has 0 bridgehead atoms. The molecule has 1 fully saturated rings. The molecular formula is C30H34N4O7S. The first-order valence-corrected chi connectivity index (χ1v) is 15.1. The highest BCUT2D eigenvalue weighted by Crippen LogP contribution is 2.40. The van der Waals surface area contributed by atoms with Crippen molar-refractivity contribution in [1.82, 2.24) is 4.90 Å². The Hall–Kier alpha value is -4.58. The maximum Gasteiger partial charge on any atom is 0.250 e. The van der Waals surface area contributed by atoms with Crippen LogP contribution in [-0.4, -0.2) is 58.1 Å². The van der Waals surface area contributed by atoms with Crippen molar-refractivity contribution < 1.29 is 32.3 Å². The monoisotopic (exact) mass is 594 g/mol. The number of anilines is 2. The zero-order valence-corrected chi connectivity index (χ0v) is 24.7. The summed E-state index contributed by atoms with van der Waals surface area (Å²) in [5.74, 6) is -0.336. The van der Waals surface area contributed by atoms with Crippen LogP contribution in [0.3, 0.4) is 0 Å². The highest BCUT2D eigenvalue weighted by molar-refractivity contribution is 7.90. The Morgan fingerprint density at radius 1 is 0.976 bits per heavy atom. The quantitative estimate of drug-likeness (QED) is 0.321. The minimum absolute atomic E-state index is 0.0890. The predicted octanol–water partition coefficient (Wildman–Crippen LogP) is 3.68. The number of nitrogens with one attached hydrogen (secondary N) is 2. The van der Waals surface area contributed by atoms with Crippen LogP contribution < -0.4 is 25.8 Å². The molecule has 222 valence electrons. The number of primary amides is 1. The van der Waals surface area contributed by atoms with Gasteiger partial charge in [0.15, 0.2) is 21.3 Å². The van der Waals surface area contributed by atoms with Crippen molar-refractivity contribution in [3.8, 4) is 11.5 Å². The molecular weight excluding hydrogens is 560 g/mol. The number of nitrogens with two attached hydrogens (primary N) is 1. The Bertz CT molecular complexity index is 1620. The van der Waals surface area contributed by atoms with Gasteiger partial charge in [0.2, 0.25) is 17.7 Å². The van der Waals surface area contributed by atoms with Crippen LogP contribution in [-0.2, 0) is 19.4 Å². The zero-order chi connectivity index (χ0) is 30.6. The van der Waals surface area contributed by atoms with E-state index in [9.17, 15) is 22.8 Å². The van der Waals surface area contributed by atoms with Crippen molar-refractivity contribution in [1.29, 1.82) is 0 Å². The third kappa shape index (κ3) is 6.65. The lowest BCUT2D eigenvalue weighted by atomic mass is 10.0. The third-order valence-electron chi connectivity index (χ3n) is 7.07. The van der Waals surface area contributed by atoms with Crippen molar-refractivity contribution in [3.05, 3.63) is 77.4 Å². The lowest BCUT2D eigenvalue weighted by Crippen LogP contribution is -2.38. The molecule has 1 aliphatic heterocycles. The van der Waals surface area contributed by atoms with Crippen molar-refractivity contribution in [2.75, 3.05) is 37.7 Å². The van der Waals surface area contributed by atoms with E-state index in [1.54, 1.807) is 53.4 Å². The van der Waals surface area contributed by atoms with Gasteiger partial charge in [-0.15, -0.1) is 0 Å². The molecule has 0 aliphatic carbocycles. The van der Waals surface area contributed by atoms with Gasteiger partial charge in [0, 0.05) is 36.7 Å². The fraction of sp³-hybridized carbons (Fsp3) is 0.300. The van der Waals surface area contributed by atoms with E-state index in [1.165, 1.54) is 33.3 Å². The molecule has 0 saturated carbocycles. The third-order valence-corrected chi connectivity index (χ3v) is 8.24. The standard InChI is InChI=1S/C30H34N4O7S/c1-18(35)32-22-11-13-27(42(4,38)39)23(17-22)24-9-6-14-34(24)30(37)28(19-10-12-25(40-2)26(16-19)41-3)33-21-8-5-7-20(15-21)29(31)36/h5,7-8,10-13,15-17,24,28,33H,6,9,14H2,1-4H3,(H2,31,36)(H,32,35)/t24-,28-/m1/s1. The lowest BCUT2D eigenvalue weighted by Gasteiger charge is -2.31. The molecule has 3 aromatic carbocycles. The maximum absolute atomic E-state index is 14.4. The van der Waals surface area contributed by atoms with E-state index in [1.807, 2.05) is 0 Å². The van der Waals surface area contributed by atoms with E-state index in [4.69, 9.17) is 15.2 Å². The molecule has 0 unspecified atom stereocenters. The number of benzene rings is 3. The van der Waals surface area contributed by atoms with Crippen LogP contribution in [0.2, 0.25) is 0 Å². The summed E-state index contributed by atoms with van der Waals surface area (Å²) in [6, 6.07) is 14.7. The number of nitrogens with zero attached hydrogens (tertiary/aromatic N) is 1. The normalized spacial score (nSPS) is 15.5. The van der Waals surface area contributed by atoms with Gasteiger partial charge < -0.3 is 30.7 Å². The van der Waals surface area contributed by atoms with Gasteiger partial charge in [0.1, 0.15) is 6.04 Å². The highest BCUT2D eigenvalue weighted by Gasteiger charge is 2.37. The van der Waals surface area contributed by atoms with Gasteiger partial charge in [-0.05, 0) is 72.5 Å². The van der Waals surface area contributed by atoms with Crippen LogP contribution in [0.15, 0.2) is 65.6 Å². The Labute approximate surface area is 244 Å². The molecule has 4 rings (SSSR count). The Morgan fingerprint density at radius 3 is 2.36 bits per heavy atom. The van der Waals surface area contributed by atoms with E-state index in [2.05, 4.69) is 10.6 Å². The van der Waals surface area contributed by atoms with Crippen molar-refractivity contribution >= 4 is 38.9 Å². The maximum atomic E-state index is 14.4. The Balaban J connectivity index is 1.80. The van der Waals surface area contributed by atoms with E-state index in [0.717, 1.165) is 6.26 Å². The van der Waals surface area contributed by atoms with E-state index < -0.39 is 27.8 Å². The second-order valence-corrected chi connectivity index (χ2v) is 12.0. The smallest absolute Gasteiger partial charge is 0.250 e. The lowest BCUT2D eigenvalue weighted by molar-refractivity contribution is -0.133. The highest BCUT2D eigenvalue weighted by atomic mass is 32.2. The minimum Gasteiger partial charge on any atom is -0.493 e. The second kappa shape index (κ2) is 12.5. The Morgan fingerprint density at radius 2 is 1.71 bits per heavy atom. The van der Waals surface area contributed by atoms with Crippen molar-refractivity contribution in [3.63, 3.8) is 0 Å². The van der Waals surface area contributed by atoms with Gasteiger partial charge in [-0.2, -0.15) is 0 Å². The van der Waals surface area contributed by atoms with Gasteiger partial charge in [-0.1, -0.05) is 12.1 Å². The SMILES string of the molecule is COc1ccc([C@@H](Nc2cccc(C(N)=O)c2)C(=O)N2CCC[C@@H]2c2cc(NC(C)=O)ccc2S(C)(=O)=O)cc1OC. The molecule has 0 spiro atoms. The predicted molar refractivity (Wildman–Crippen MR) is 158 cm³/mol. The average Bonchev–Trinajstić information content (AvgIpc) is 3.44. The van der Waals surface area contributed by atoms with Crippen LogP contribution >= 0.6 is 0 Å². The summed E-state index contributed by atoms with van der Waals surface area (Å²) >= 11 is 0. The summed E-state index contributed by atoms with van der Waals surface area (Å²) in [7, 11) is -0.652. The second-order valence-electron chi connectivity index (χ2n) is 10.0. The molecule has 3 amide bonds. The summed E-state index contributed by atoms with van der Waals surface area (Å²) < 4.78 is 36.4. The first kappa shape index (κ1) is 30.4. The van der Waals surface area contributed by atoms with Crippen LogP contribution in [0.4, 0.5) is 11.4 Å². The molecule has 2 atom stereocenters. The first-order valence-electron chi connectivity index (χ1n) is 13.2. The van der Waals surface area contributed by atoms with Gasteiger partial charge in [0.05, 0.1) is 25.2 Å². The molecule has 1 saturated heterocycles. The molecule has 11 nitrogen and oxygen atoms in total. The summed E-state index contributed by atoms with van der Waals surface area (Å²) in [6.45, 7) is 1.74. The van der Waals surface area contributed by atoms with Gasteiger partial charge in [-0.25, -0.2) is 8.42 Å². The molecule has 4 N–H and O–H groups in total. The molecule has 0 radical (unpaired) electrons. The number of amides is 3. The number of likely N-dealkylation sites (tertiary alicyclic amines) is 1. The fourth-order valence-corrected chi connectivity index (χ4v) is 6.13. The van der Waals surface area contributed by atoms with Crippen LogP contribution in [0.1, 0.15) is 53.3 Å². The van der Waals surface area contributed by atoms with Crippen LogP contribution in [0.5, 0.6) is 11.5 Å². The number of hydrogen-bond donors (Lipinski definition) is 3. The van der Waals surface area contributed by atoms with Crippen LogP contribution in [0.25, 0.3) is 0 Å². The molecule has 12 heteroatoms. The number of methoxy groups -OCH3 is 2. The van der Waals surface area contributed by atoms with Gasteiger partial charge in [-0.3, -0.25) is 14.4 Å². The van der Waals surface area contributed by atoms with Gasteiger partial charge >= 0.3 is 0 Å².